The number of nitrogens with zero attached hydrogens (tertiary/aromatic N) is 3. The number of rotatable bonds is 5. The maximum absolute atomic E-state index is 13.5. The van der Waals surface area contributed by atoms with Crippen molar-refractivity contribution in [2.75, 3.05) is 12.4 Å². The van der Waals surface area contributed by atoms with Crippen LogP contribution in [-0.2, 0) is 5.60 Å². The zero-order valence-electron chi connectivity index (χ0n) is 16.7. The topological polar surface area (TPSA) is 100 Å². The average Bonchev–Trinajstić information content (AvgIpc) is 3.23. The van der Waals surface area contributed by atoms with Gasteiger partial charge in [-0.3, -0.25) is 0 Å². The third kappa shape index (κ3) is 4.28. The number of halogens is 1. The van der Waals surface area contributed by atoms with E-state index in [-0.39, 0.29) is 17.9 Å². The maximum atomic E-state index is 13.5. The van der Waals surface area contributed by atoms with E-state index in [2.05, 4.69) is 20.3 Å². The highest BCUT2D eigenvalue weighted by molar-refractivity contribution is 7.15. The van der Waals surface area contributed by atoms with Crippen molar-refractivity contribution in [2.45, 2.75) is 44.3 Å². The van der Waals surface area contributed by atoms with Gasteiger partial charge in [0.15, 0.2) is 0 Å². The Kier molecular flexibility index (Phi) is 5.68. The first-order valence-electron chi connectivity index (χ1n) is 9.69. The van der Waals surface area contributed by atoms with Crippen molar-refractivity contribution < 1.29 is 19.3 Å². The molecule has 0 atom stereocenters. The molecule has 0 bridgehead atoms. The van der Waals surface area contributed by atoms with E-state index in [0.717, 1.165) is 27.9 Å². The highest BCUT2D eigenvalue weighted by Crippen LogP contribution is 2.41. The Morgan fingerprint density at radius 1 is 1.20 bits per heavy atom. The standard InChI is InChI=1S/C21H23FN4O3S/c1-12-7-13(9-14(8-12)25-20-24-10-16(22)18(26-20)29-2)17-11-23-19(30-17)21(28)5-3-15(27)4-6-21/h7-11,15,27-28H,3-6H2,1-2H3,(H,24,25,26)/t15-,21-. The van der Waals surface area contributed by atoms with Crippen LogP contribution in [-0.4, -0.2) is 38.4 Å². The molecule has 3 aromatic rings. The van der Waals surface area contributed by atoms with Gasteiger partial charge >= 0.3 is 0 Å². The number of anilines is 2. The second-order valence-electron chi connectivity index (χ2n) is 7.56. The van der Waals surface area contributed by atoms with E-state index in [1.54, 1.807) is 6.20 Å². The van der Waals surface area contributed by atoms with Crippen LogP contribution in [0.3, 0.4) is 0 Å². The van der Waals surface area contributed by atoms with Gasteiger partial charge in [-0.15, -0.1) is 11.3 Å². The van der Waals surface area contributed by atoms with Crippen molar-refractivity contribution in [3.05, 3.63) is 47.0 Å². The van der Waals surface area contributed by atoms with Gasteiger partial charge in [-0.25, -0.2) is 9.97 Å². The Morgan fingerprint density at radius 3 is 2.70 bits per heavy atom. The summed E-state index contributed by atoms with van der Waals surface area (Å²) in [4.78, 5) is 13.4. The van der Waals surface area contributed by atoms with Crippen LogP contribution >= 0.6 is 11.3 Å². The first kappa shape index (κ1) is 20.6. The number of hydrogen-bond acceptors (Lipinski definition) is 8. The minimum atomic E-state index is -0.981. The largest absolute Gasteiger partial charge is 0.479 e. The van der Waals surface area contributed by atoms with E-state index in [0.29, 0.717) is 30.7 Å². The molecular formula is C21H23FN4O3S. The third-order valence-corrected chi connectivity index (χ3v) is 6.45. The van der Waals surface area contributed by atoms with Crippen LogP contribution in [0.1, 0.15) is 36.3 Å². The molecule has 0 unspecified atom stereocenters. The minimum absolute atomic E-state index is 0.127. The van der Waals surface area contributed by atoms with Crippen molar-refractivity contribution >= 4 is 23.0 Å². The van der Waals surface area contributed by atoms with Crippen LogP contribution in [0, 0.1) is 12.7 Å². The SMILES string of the molecule is COc1nc(Nc2cc(C)cc(-c3cnc([C@]4(O)CC[C@H](O)CC4)s3)c2)ncc1F. The van der Waals surface area contributed by atoms with E-state index in [1.165, 1.54) is 18.4 Å². The van der Waals surface area contributed by atoms with Crippen molar-refractivity contribution in [1.82, 2.24) is 15.0 Å². The molecule has 2 heterocycles. The fraction of sp³-hybridized carbons (Fsp3) is 0.381. The first-order valence-corrected chi connectivity index (χ1v) is 10.5. The summed E-state index contributed by atoms with van der Waals surface area (Å²) in [6, 6.07) is 5.89. The number of thiazole rings is 1. The summed E-state index contributed by atoms with van der Waals surface area (Å²) < 4.78 is 18.5. The van der Waals surface area contributed by atoms with Gasteiger partial charge in [0.05, 0.1) is 24.3 Å². The molecule has 1 saturated carbocycles. The molecule has 0 amide bonds. The first-order chi connectivity index (χ1) is 14.4. The summed E-state index contributed by atoms with van der Waals surface area (Å²) >= 11 is 1.45. The minimum Gasteiger partial charge on any atom is -0.479 e. The number of aryl methyl sites for hydroxylation is 1. The van der Waals surface area contributed by atoms with Crippen LogP contribution in [0.2, 0.25) is 0 Å². The molecule has 9 heteroatoms. The van der Waals surface area contributed by atoms with Crippen LogP contribution in [0.5, 0.6) is 5.88 Å². The van der Waals surface area contributed by atoms with Crippen LogP contribution < -0.4 is 10.1 Å². The molecule has 0 aliphatic heterocycles. The lowest BCUT2D eigenvalue weighted by Gasteiger charge is -2.32. The highest BCUT2D eigenvalue weighted by atomic mass is 32.1. The summed E-state index contributed by atoms with van der Waals surface area (Å²) in [5.74, 6) is -0.526. The van der Waals surface area contributed by atoms with Crippen molar-refractivity contribution in [3.63, 3.8) is 0 Å². The summed E-state index contributed by atoms with van der Waals surface area (Å²) in [6.45, 7) is 1.97. The summed E-state index contributed by atoms with van der Waals surface area (Å²) in [5, 5.41) is 24.4. The van der Waals surface area contributed by atoms with Gasteiger partial charge < -0.3 is 20.3 Å². The number of aliphatic hydroxyl groups is 2. The molecule has 1 aromatic carbocycles. The predicted molar refractivity (Wildman–Crippen MR) is 112 cm³/mol. The zero-order chi connectivity index (χ0) is 21.3. The summed E-state index contributed by atoms with van der Waals surface area (Å²) in [6.07, 6.45) is 4.64. The summed E-state index contributed by atoms with van der Waals surface area (Å²) in [5.41, 5.74) is 1.72. The Balaban J connectivity index is 1.59. The Hall–Kier alpha value is -2.62. The fourth-order valence-corrected chi connectivity index (χ4v) is 4.65. The number of methoxy groups -OCH3 is 1. The second-order valence-corrected chi connectivity index (χ2v) is 8.59. The fourth-order valence-electron chi connectivity index (χ4n) is 3.60. The molecule has 7 nitrogen and oxygen atoms in total. The molecule has 4 rings (SSSR count). The Morgan fingerprint density at radius 2 is 1.97 bits per heavy atom. The second kappa shape index (κ2) is 8.25. The van der Waals surface area contributed by atoms with E-state index in [4.69, 9.17) is 4.74 Å². The molecule has 30 heavy (non-hydrogen) atoms. The average molecular weight is 431 g/mol. The molecule has 0 radical (unpaired) electrons. The van der Waals surface area contributed by atoms with Gasteiger partial charge in [-0.05, 0) is 55.9 Å². The molecule has 2 aromatic heterocycles. The number of ether oxygens (including phenoxy) is 1. The molecule has 0 saturated heterocycles. The monoisotopic (exact) mass is 430 g/mol. The highest BCUT2D eigenvalue weighted by Gasteiger charge is 2.36. The zero-order valence-corrected chi connectivity index (χ0v) is 17.5. The number of hydrogen-bond donors (Lipinski definition) is 3. The number of benzene rings is 1. The van der Waals surface area contributed by atoms with Gasteiger partial charge in [0.2, 0.25) is 11.8 Å². The van der Waals surface area contributed by atoms with Crippen LogP contribution in [0.4, 0.5) is 16.0 Å². The van der Waals surface area contributed by atoms with Gasteiger partial charge in [0.1, 0.15) is 10.6 Å². The predicted octanol–water partition coefficient (Wildman–Crippen LogP) is 3.92. The Labute approximate surface area is 177 Å². The van der Waals surface area contributed by atoms with Crippen LogP contribution in [0.15, 0.2) is 30.6 Å². The van der Waals surface area contributed by atoms with Gasteiger partial charge in [0.25, 0.3) is 5.88 Å². The van der Waals surface area contributed by atoms with Crippen LogP contribution in [0.25, 0.3) is 10.4 Å². The normalized spacial score (nSPS) is 21.4. The third-order valence-electron chi connectivity index (χ3n) is 5.21. The lowest BCUT2D eigenvalue weighted by molar-refractivity contribution is -0.0362. The Bertz CT molecular complexity index is 1050. The molecule has 158 valence electrons. The molecular weight excluding hydrogens is 407 g/mol. The number of aromatic nitrogens is 3. The lowest BCUT2D eigenvalue weighted by Crippen LogP contribution is -2.33. The van der Waals surface area contributed by atoms with Gasteiger partial charge in [-0.1, -0.05) is 6.07 Å². The lowest BCUT2D eigenvalue weighted by atomic mass is 9.84. The van der Waals surface area contributed by atoms with Crippen molar-refractivity contribution in [1.29, 1.82) is 0 Å². The van der Waals surface area contributed by atoms with Gasteiger partial charge in [0, 0.05) is 11.9 Å². The molecule has 1 aliphatic carbocycles. The molecule has 1 fully saturated rings. The van der Waals surface area contributed by atoms with Crippen molar-refractivity contribution in [3.8, 4) is 16.3 Å². The number of aliphatic hydroxyl groups excluding tert-OH is 1. The molecule has 3 N–H and O–H groups in total. The molecule has 0 spiro atoms. The smallest absolute Gasteiger partial charge is 0.255 e. The van der Waals surface area contributed by atoms with Gasteiger partial charge in [-0.2, -0.15) is 9.37 Å². The van der Waals surface area contributed by atoms with Crippen molar-refractivity contribution in [2.24, 2.45) is 0 Å². The summed E-state index contributed by atoms with van der Waals surface area (Å²) in [7, 11) is 1.35. The quantitative estimate of drug-likeness (QED) is 0.564. The number of nitrogens with one attached hydrogen (secondary N) is 1. The van der Waals surface area contributed by atoms with E-state index >= 15 is 0 Å². The van der Waals surface area contributed by atoms with E-state index in [9.17, 15) is 14.6 Å². The molecule has 1 aliphatic rings. The maximum Gasteiger partial charge on any atom is 0.255 e. The van der Waals surface area contributed by atoms with E-state index in [1.807, 2.05) is 25.1 Å². The van der Waals surface area contributed by atoms with E-state index < -0.39 is 11.4 Å².